The molecular formula is C17H18BrNO. The van der Waals surface area contributed by atoms with E-state index in [9.17, 15) is 4.79 Å². The maximum Gasteiger partial charge on any atom is 0.234 e. The third kappa shape index (κ3) is 2.93. The summed E-state index contributed by atoms with van der Waals surface area (Å²) in [7, 11) is 1.83. The van der Waals surface area contributed by atoms with Crippen LogP contribution in [-0.4, -0.2) is 13.0 Å². The lowest BCUT2D eigenvalue weighted by Crippen LogP contribution is -2.31. The molecule has 0 aliphatic carbocycles. The van der Waals surface area contributed by atoms with Gasteiger partial charge in [-0.25, -0.2) is 0 Å². The van der Waals surface area contributed by atoms with Gasteiger partial charge < -0.3 is 4.90 Å². The number of hydrogen-bond donors (Lipinski definition) is 0. The molecule has 0 N–H and O–H groups in total. The van der Waals surface area contributed by atoms with Crippen molar-refractivity contribution in [3.05, 3.63) is 64.1 Å². The molecule has 0 spiro atoms. The van der Waals surface area contributed by atoms with Crippen LogP contribution in [0.3, 0.4) is 0 Å². The van der Waals surface area contributed by atoms with E-state index in [0.29, 0.717) is 0 Å². The second kappa shape index (κ2) is 6.23. The third-order valence-corrected chi connectivity index (χ3v) is 4.16. The smallest absolute Gasteiger partial charge is 0.234 e. The molecule has 2 aromatic carbocycles. The van der Waals surface area contributed by atoms with Gasteiger partial charge >= 0.3 is 0 Å². The van der Waals surface area contributed by atoms with Crippen LogP contribution in [0.2, 0.25) is 0 Å². The highest BCUT2D eigenvalue weighted by molar-refractivity contribution is 9.10. The van der Waals surface area contributed by atoms with Crippen molar-refractivity contribution in [2.75, 3.05) is 11.9 Å². The fraction of sp³-hybridized carbons (Fsp3) is 0.235. The van der Waals surface area contributed by atoms with Crippen LogP contribution >= 0.6 is 15.9 Å². The van der Waals surface area contributed by atoms with Crippen molar-refractivity contribution < 1.29 is 4.79 Å². The first-order valence-corrected chi connectivity index (χ1v) is 7.39. The molecule has 0 saturated carbocycles. The molecule has 2 nitrogen and oxygen atoms in total. The van der Waals surface area contributed by atoms with Crippen LogP contribution in [0.15, 0.2) is 53.0 Å². The molecule has 0 aliphatic rings. The SMILES string of the molecule is Cc1cccc(Br)c1N(C)C(=O)C(C)c1ccccc1. The minimum Gasteiger partial charge on any atom is -0.314 e. The zero-order valence-corrected chi connectivity index (χ0v) is 13.5. The second-order valence-electron chi connectivity index (χ2n) is 4.93. The summed E-state index contributed by atoms with van der Waals surface area (Å²) < 4.78 is 0.939. The maximum absolute atomic E-state index is 12.7. The lowest BCUT2D eigenvalue weighted by molar-refractivity contribution is -0.119. The first kappa shape index (κ1) is 14.8. The molecule has 3 heteroatoms. The Kier molecular flexibility index (Phi) is 4.61. The first-order chi connectivity index (χ1) is 9.52. The Morgan fingerprint density at radius 2 is 1.75 bits per heavy atom. The fourth-order valence-electron chi connectivity index (χ4n) is 2.33. The number of rotatable bonds is 3. The van der Waals surface area contributed by atoms with Gasteiger partial charge in [0, 0.05) is 11.5 Å². The number of likely N-dealkylation sites (N-methyl/N-ethyl adjacent to an activating group) is 1. The summed E-state index contributed by atoms with van der Waals surface area (Å²) in [4.78, 5) is 14.4. The topological polar surface area (TPSA) is 20.3 Å². The zero-order valence-electron chi connectivity index (χ0n) is 11.9. The quantitative estimate of drug-likeness (QED) is 0.809. The van der Waals surface area contributed by atoms with E-state index in [1.165, 1.54) is 0 Å². The van der Waals surface area contributed by atoms with Crippen molar-refractivity contribution in [2.45, 2.75) is 19.8 Å². The van der Waals surface area contributed by atoms with Gasteiger partial charge in [0.05, 0.1) is 11.6 Å². The molecule has 0 radical (unpaired) electrons. The summed E-state index contributed by atoms with van der Waals surface area (Å²) in [6.45, 7) is 3.96. The molecule has 1 atom stereocenters. The predicted molar refractivity (Wildman–Crippen MR) is 87.1 cm³/mol. The third-order valence-electron chi connectivity index (χ3n) is 3.52. The van der Waals surface area contributed by atoms with Crippen molar-refractivity contribution in [1.29, 1.82) is 0 Å². The Labute approximate surface area is 128 Å². The predicted octanol–water partition coefficient (Wildman–Crippen LogP) is 4.52. The molecular weight excluding hydrogens is 314 g/mol. The van der Waals surface area contributed by atoms with Gasteiger partial charge in [-0.05, 0) is 47.0 Å². The summed E-state index contributed by atoms with van der Waals surface area (Å²) in [6, 6.07) is 15.8. The summed E-state index contributed by atoms with van der Waals surface area (Å²) in [5.41, 5.74) is 3.05. The molecule has 104 valence electrons. The van der Waals surface area contributed by atoms with Crippen LogP contribution in [0.4, 0.5) is 5.69 Å². The Hall–Kier alpha value is -1.61. The van der Waals surface area contributed by atoms with E-state index in [4.69, 9.17) is 0 Å². The van der Waals surface area contributed by atoms with Gasteiger partial charge in [0.25, 0.3) is 0 Å². The monoisotopic (exact) mass is 331 g/mol. The first-order valence-electron chi connectivity index (χ1n) is 6.60. The molecule has 0 saturated heterocycles. The summed E-state index contributed by atoms with van der Waals surface area (Å²) >= 11 is 3.53. The normalized spacial score (nSPS) is 12.0. The number of carbonyl (C=O) groups excluding carboxylic acids is 1. The minimum absolute atomic E-state index is 0.0891. The lowest BCUT2D eigenvalue weighted by Gasteiger charge is -2.24. The van der Waals surface area contributed by atoms with E-state index < -0.39 is 0 Å². The van der Waals surface area contributed by atoms with Crippen LogP contribution < -0.4 is 4.90 Å². The molecule has 1 unspecified atom stereocenters. The number of carbonyl (C=O) groups is 1. The van der Waals surface area contributed by atoms with E-state index in [2.05, 4.69) is 15.9 Å². The zero-order chi connectivity index (χ0) is 14.7. The van der Waals surface area contributed by atoms with E-state index >= 15 is 0 Å². The van der Waals surface area contributed by atoms with Crippen molar-refractivity contribution in [3.63, 3.8) is 0 Å². The summed E-state index contributed by atoms with van der Waals surface area (Å²) in [5.74, 6) is -0.0705. The molecule has 0 heterocycles. The molecule has 1 amide bonds. The minimum atomic E-state index is -0.160. The lowest BCUT2D eigenvalue weighted by atomic mass is 9.99. The van der Waals surface area contributed by atoms with E-state index in [-0.39, 0.29) is 11.8 Å². The Morgan fingerprint density at radius 3 is 2.35 bits per heavy atom. The van der Waals surface area contributed by atoms with Gasteiger partial charge in [-0.2, -0.15) is 0 Å². The van der Waals surface area contributed by atoms with Crippen LogP contribution in [-0.2, 0) is 4.79 Å². The molecule has 0 fully saturated rings. The molecule has 0 bridgehead atoms. The van der Waals surface area contributed by atoms with Gasteiger partial charge in [-0.1, -0.05) is 42.5 Å². The number of aryl methyl sites for hydroxylation is 1. The van der Waals surface area contributed by atoms with Crippen LogP contribution in [0.25, 0.3) is 0 Å². The van der Waals surface area contributed by atoms with E-state index in [0.717, 1.165) is 21.3 Å². The van der Waals surface area contributed by atoms with Crippen LogP contribution in [0, 0.1) is 6.92 Å². The summed E-state index contributed by atoms with van der Waals surface area (Å²) in [6.07, 6.45) is 0. The van der Waals surface area contributed by atoms with Gasteiger partial charge in [0.1, 0.15) is 0 Å². The summed E-state index contributed by atoms with van der Waals surface area (Å²) in [5, 5.41) is 0. The Morgan fingerprint density at radius 1 is 1.10 bits per heavy atom. The van der Waals surface area contributed by atoms with Crippen molar-refractivity contribution in [3.8, 4) is 0 Å². The molecule has 2 rings (SSSR count). The van der Waals surface area contributed by atoms with Gasteiger partial charge in [-0.15, -0.1) is 0 Å². The number of benzene rings is 2. The molecule has 2 aromatic rings. The average molecular weight is 332 g/mol. The fourth-order valence-corrected chi connectivity index (χ4v) is 3.06. The highest BCUT2D eigenvalue weighted by Gasteiger charge is 2.22. The number of para-hydroxylation sites is 1. The Balaban J connectivity index is 2.29. The average Bonchev–Trinajstić information content (AvgIpc) is 2.46. The maximum atomic E-state index is 12.7. The highest BCUT2D eigenvalue weighted by atomic mass is 79.9. The number of nitrogens with zero attached hydrogens (tertiary/aromatic N) is 1. The van der Waals surface area contributed by atoms with E-state index in [1.54, 1.807) is 4.90 Å². The number of halogens is 1. The van der Waals surface area contributed by atoms with Gasteiger partial charge in [0.15, 0.2) is 0 Å². The Bertz CT molecular complexity index is 589. The highest BCUT2D eigenvalue weighted by Crippen LogP contribution is 2.31. The van der Waals surface area contributed by atoms with E-state index in [1.807, 2.05) is 69.4 Å². The molecule has 0 aromatic heterocycles. The van der Waals surface area contributed by atoms with Gasteiger partial charge in [-0.3, -0.25) is 4.79 Å². The van der Waals surface area contributed by atoms with Crippen molar-refractivity contribution in [2.24, 2.45) is 0 Å². The van der Waals surface area contributed by atoms with Crippen molar-refractivity contribution >= 4 is 27.5 Å². The molecule has 20 heavy (non-hydrogen) atoms. The number of anilines is 1. The number of amides is 1. The van der Waals surface area contributed by atoms with Gasteiger partial charge in [0.2, 0.25) is 5.91 Å². The van der Waals surface area contributed by atoms with Crippen molar-refractivity contribution in [1.82, 2.24) is 0 Å². The standard InChI is InChI=1S/C17H18BrNO/c1-12-8-7-11-15(18)16(12)19(3)17(20)13(2)14-9-5-4-6-10-14/h4-11,13H,1-3H3. The second-order valence-corrected chi connectivity index (χ2v) is 5.79. The van der Waals surface area contributed by atoms with Crippen LogP contribution in [0.5, 0.6) is 0 Å². The number of hydrogen-bond acceptors (Lipinski definition) is 1. The van der Waals surface area contributed by atoms with Crippen LogP contribution in [0.1, 0.15) is 24.0 Å². The largest absolute Gasteiger partial charge is 0.314 e. The molecule has 0 aliphatic heterocycles.